The number of hydrogen-bond donors (Lipinski definition) is 0. The van der Waals surface area contributed by atoms with E-state index >= 15 is 0 Å². The topological polar surface area (TPSA) is 62.6 Å². The molecule has 0 aliphatic carbocycles. The number of para-hydroxylation sites is 2. The van der Waals surface area contributed by atoms with Crippen molar-refractivity contribution in [3.05, 3.63) is 88.2 Å². The molecule has 0 radical (unpaired) electrons. The number of hydrogen-bond acceptors (Lipinski definition) is 5. The maximum absolute atomic E-state index is 14.2. The molecular weight excluding hydrogens is 411 g/mol. The number of halogens is 1. The van der Waals surface area contributed by atoms with Crippen molar-refractivity contribution in [3.63, 3.8) is 0 Å². The number of rotatable bonds is 6. The summed E-state index contributed by atoms with van der Waals surface area (Å²) < 4.78 is 31.8. The number of nitrogens with zero attached hydrogens (tertiary/aromatic N) is 2. The van der Waals surface area contributed by atoms with E-state index in [0.717, 1.165) is 0 Å². The zero-order chi connectivity index (χ0) is 22.7. The van der Waals surface area contributed by atoms with Gasteiger partial charge in [-0.15, -0.1) is 0 Å². The van der Waals surface area contributed by atoms with Gasteiger partial charge in [0.1, 0.15) is 17.4 Å². The van der Waals surface area contributed by atoms with Crippen molar-refractivity contribution in [2.45, 2.75) is 0 Å². The van der Waals surface area contributed by atoms with Crippen molar-refractivity contribution in [1.82, 2.24) is 9.55 Å². The highest BCUT2D eigenvalue weighted by Crippen LogP contribution is 2.31. The zero-order valence-corrected chi connectivity index (χ0v) is 17.8. The molecule has 0 aliphatic rings. The normalized spacial score (nSPS) is 11.1. The van der Waals surface area contributed by atoms with Gasteiger partial charge < -0.3 is 14.2 Å². The second-order valence-electron chi connectivity index (χ2n) is 6.86. The summed E-state index contributed by atoms with van der Waals surface area (Å²) in [4.78, 5) is 18.3. The highest BCUT2D eigenvalue weighted by atomic mass is 19.1. The molecule has 6 nitrogen and oxygen atoms in total. The highest BCUT2D eigenvalue weighted by Gasteiger charge is 2.17. The SMILES string of the molecule is COc1cc2nc(C=Cc3ccccc3F)n(-c3ccccc3OC)c(=O)c2cc1OC. The fourth-order valence-corrected chi connectivity index (χ4v) is 3.46. The van der Waals surface area contributed by atoms with Crippen molar-refractivity contribution in [3.8, 4) is 22.9 Å². The van der Waals surface area contributed by atoms with Crippen LogP contribution < -0.4 is 19.8 Å². The summed E-state index contributed by atoms with van der Waals surface area (Å²) in [6.45, 7) is 0. The van der Waals surface area contributed by atoms with Gasteiger partial charge in [0.15, 0.2) is 11.5 Å². The second-order valence-corrected chi connectivity index (χ2v) is 6.86. The van der Waals surface area contributed by atoms with Crippen LogP contribution in [-0.4, -0.2) is 30.9 Å². The molecule has 1 heterocycles. The lowest BCUT2D eigenvalue weighted by Crippen LogP contribution is -2.23. The molecule has 4 rings (SSSR count). The van der Waals surface area contributed by atoms with Gasteiger partial charge in [0.2, 0.25) is 0 Å². The Morgan fingerprint density at radius 1 is 0.844 bits per heavy atom. The van der Waals surface area contributed by atoms with Crippen LogP contribution in [0.5, 0.6) is 17.2 Å². The molecule has 7 heteroatoms. The smallest absolute Gasteiger partial charge is 0.266 e. The van der Waals surface area contributed by atoms with Crippen LogP contribution in [0, 0.1) is 5.82 Å². The third-order valence-corrected chi connectivity index (χ3v) is 5.04. The molecule has 0 saturated heterocycles. The Balaban J connectivity index is 2.03. The van der Waals surface area contributed by atoms with Gasteiger partial charge >= 0.3 is 0 Å². The van der Waals surface area contributed by atoms with Gasteiger partial charge in [-0.3, -0.25) is 9.36 Å². The number of ether oxygens (including phenoxy) is 3. The van der Waals surface area contributed by atoms with Crippen LogP contribution in [0.1, 0.15) is 11.4 Å². The molecule has 0 atom stereocenters. The second kappa shape index (κ2) is 8.93. The molecule has 1 aromatic heterocycles. The zero-order valence-electron chi connectivity index (χ0n) is 17.8. The molecule has 162 valence electrons. The summed E-state index contributed by atoms with van der Waals surface area (Å²) in [6.07, 6.45) is 3.18. The summed E-state index contributed by atoms with van der Waals surface area (Å²) in [5, 5.41) is 0.344. The van der Waals surface area contributed by atoms with Crippen LogP contribution in [-0.2, 0) is 0 Å². The molecule has 0 amide bonds. The van der Waals surface area contributed by atoms with E-state index in [4.69, 9.17) is 14.2 Å². The van der Waals surface area contributed by atoms with Crippen LogP contribution in [0.25, 0.3) is 28.7 Å². The standard InChI is InChI=1S/C25H21FN2O4/c1-30-21-11-7-6-10-20(21)28-24(13-12-16-8-4-5-9-18(16)26)27-19-15-23(32-3)22(31-2)14-17(19)25(28)29/h4-15H,1-3H3. The number of aromatic nitrogens is 2. The first-order valence-electron chi connectivity index (χ1n) is 9.82. The van der Waals surface area contributed by atoms with Crippen LogP contribution in [0.15, 0.2) is 65.5 Å². The largest absolute Gasteiger partial charge is 0.495 e. The Hall–Kier alpha value is -4.13. The molecule has 0 fully saturated rings. The van der Waals surface area contributed by atoms with E-state index in [1.807, 2.05) is 6.07 Å². The summed E-state index contributed by atoms with van der Waals surface area (Å²) in [7, 11) is 4.54. The van der Waals surface area contributed by atoms with Crippen LogP contribution in [0.3, 0.4) is 0 Å². The molecular formula is C25H21FN2O4. The van der Waals surface area contributed by atoms with Crippen molar-refractivity contribution in [2.24, 2.45) is 0 Å². The predicted molar refractivity (Wildman–Crippen MR) is 122 cm³/mol. The van der Waals surface area contributed by atoms with Gasteiger partial charge in [0.05, 0.1) is 37.9 Å². The summed E-state index contributed by atoms with van der Waals surface area (Å²) in [5.74, 6) is 1.30. The molecule has 3 aromatic carbocycles. The molecule has 0 N–H and O–H groups in total. The first kappa shape index (κ1) is 21.1. The third-order valence-electron chi connectivity index (χ3n) is 5.04. The molecule has 0 bridgehead atoms. The van der Waals surface area contributed by atoms with E-state index in [0.29, 0.717) is 45.2 Å². The Morgan fingerprint density at radius 3 is 2.22 bits per heavy atom. The minimum Gasteiger partial charge on any atom is -0.495 e. The van der Waals surface area contributed by atoms with E-state index < -0.39 is 0 Å². The summed E-state index contributed by atoms with van der Waals surface area (Å²) in [5.41, 5.74) is 0.985. The summed E-state index contributed by atoms with van der Waals surface area (Å²) in [6, 6.07) is 16.7. The van der Waals surface area contributed by atoms with Gasteiger partial charge in [-0.1, -0.05) is 30.3 Å². The first-order valence-corrected chi connectivity index (χ1v) is 9.82. The van der Waals surface area contributed by atoms with Crippen molar-refractivity contribution in [2.75, 3.05) is 21.3 Å². The molecule has 4 aromatic rings. The average Bonchev–Trinajstić information content (AvgIpc) is 2.83. The maximum Gasteiger partial charge on any atom is 0.266 e. The van der Waals surface area contributed by atoms with E-state index in [1.165, 1.54) is 32.0 Å². The number of methoxy groups -OCH3 is 3. The summed E-state index contributed by atoms with van der Waals surface area (Å²) >= 11 is 0. The maximum atomic E-state index is 14.2. The number of benzene rings is 3. The van der Waals surface area contributed by atoms with Gasteiger partial charge in [-0.05, 0) is 36.4 Å². The lowest BCUT2D eigenvalue weighted by molar-refractivity contribution is 0.355. The Kier molecular flexibility index (Phi) is 5.89. The molecule has 0 spiro atoms. The van der Waals surface area contributed by atoms with Crippen LogP contribution >= 0.6 is 0 Å². The lowest BCUT2D eigenvalue weighted by atomic mass is 10.1. The van der Waals surface area contributed by atoms with Crippen molar-refractivity contribution >= 4 is 23.1 Å². The molecule has 0 saturated carbocycles. The number of fused-ring (bicyclic) bond motifs is 1. The van der Waals surface area contributed by atoms with Crippen LogP contribution in [0.2, 0.25) is 0 Å². The quantitative estimate of drug-likeness (QED) is 0.441. The van der Waals surface area contributed by atoms with E-state index in [1.54, 1.807) is 60.7 Å². The Morgan fingerprint density at radius 2 is 1.50 bits per heavy atom. The monoisotopic (exact) mass is 432 g/mol. The van der Waals surface area contributed by atoms with E-state index in [9.17, 15) is 9.18 Å². The average molecular weight is 432 g/mol. The fraction of sp³-hybridized carbons (Fsp3) is 0.120. The fourth-order valence-electron chi connectivity index (χ4n) is 3.46. The van der Waals surface area contributed by atoms with Crippen LogP contribution in [0.4, 0.5) is 4.39 Å². The third kappa shape index (κ3) is 3.80. The minimum absolute atomic E-state index is 0.308. The van der Waals surface area contributed by atoms with Gasteiger partial charge in [0.25, 0.3) is 5.56 Å². The van der Waals surface area contributed by atoms with Crippen molar-refractivity contribution in [1.29, 1.82) is 0 Å². The Bertz CT molecular complexity index is 1380. The molecule has 32 heavy (non-hydrogen) atoms. The van der Waals surface area contributed by atoms with Gasteiger partial charge in [-0.2, -0.15) is 0 Å². The highest BCUT2D eigenvalue weighted by molar-refractivity contribution is 5.84. The van der Waals surface area contributed by atoms with Gasteiger partial charge in [-0.25, -0.2) is 9.37 Å². The molecule has 0 aliphatic heterocycles. The predicted octanol–water partition coefficient (Wildman–Crippen LogP) is 4.72. The van der Waals surface area contributed by atoms with E-state index in [2.05, 4.69) is 4.98 Å². The van der Waals surface area contributed by atoms with Gasteiger partial charge in [0, 0.05) is 11.6 Å². The Labute approximate surface area is 184 Å². The minimum atomic E-state index is -0.373. The van der Waals surface area contributed by atoms with E-state index in [-0.39, 0.29) is 11.4 Å². The first-order chi connectivity index (χ1) is 15.6. The molecule has 0 unspecified atom stereocenters. The lowest BCUT2D eigenvalue weighted by Gasteiger charge is -2.15. The van der Waals surface area contributed by atoms with Crippen molar-refractivity contribution < 1.29 is 18.6 Å².